The van der Waals surface area contributed by atoms with Gasteiger partial charge in [-0.1, -0.05) is 6.07 Å². The van der Waals surface area contributed by atoms with Gasteiger partial charge in [0.15, 0.2) is 11.5 Å². The van der Waals surface area contributed by atoms with Crippen molar-refractivity contribution < 1.29 is 14.0 Å². The number of hydrogen-bond donors (Lipinski definition) is 0. The van der Waals surface area contributed by atoms with Crippen molar-refractivity contribution in [3.05, 3.63) is 29.7 Å². The Morgan fingerprint density at radius 3 is 2.79 bits per heavy atom. The summed E-state index contributed by atoms with van der Waals surface area (Å²) in [5.74, 6) is -0.267. The highest BCUT2D eigenvalue weighted by atomic mass is 16.3. The van der Waals surface area contributed by atoms with Crippen LogP contribution >= 0.6 is 0 Å². The van der Waals surface area contributed by atoms with Gasteiger partial charge in [0.1, 0.15) is 5.52 Å². The highest BCUT2D eigenvalue weighted by Crippen LogP contribution is 2.17. The molecule has 0 saturated heterocycles. The van der Waals surface area contributed by atoms with Gasteiger partial charge in [0, 0.05) is 27.4 Å². The fourth-order valence-corrected chi connectivity index (χ4v) is 1.91. The van der Waals surface area contributed by atoms with Crippen LogP contribution in [0, 0.1) is 6.92 Å². The Kier molecular flexibility index (Phi) is 3.64. The van der Waals surface area contributed by atoms with E-state index in [1.807, 2.05) is 18.2 Å². The zero-order valence-electron chi connectivity index (χ0n) is 11.3. The van der Waals surface area contributed by atoms with Crippen LogP contribution < -0.4 is 0 Å². The first-order valence-corrected chi connectivity index (χ1v) is 6.09. The molecule has 0 spiro atoms. The quantitative estimate of drug-likeness (QED) is 0.785. The van der Waals surface area contributed by atoms with Crippen molar-refractivity contribution in [1.82, 2.24) is 9.88 Å². The topological polar surface area (TPSA) is 63.4 Å². The maximum atomic E-state index is 11.4. The molecule has 2 aromatic rings. The van der Waals surface area contributed by atoms with Crippen LogP contribution in [0.4, 0.5) is 0 Å². The van der Waals surface area contributed by atoms with Gasteiger partial charge in [0.05, 0.1) is 0 Å². The van der Waals surface area contributed by atoms with E-state index < -0.39 is 11.7 Å². The van der Waals surface area contributed by atoms with Gasteiger partial charge in [0.25, 0.3) is 5.91 Å². The van der Waals surface area contributed by atoms with Gasteiger partial charge < -0.3 is 9.32 Å². The normalized spacial score (nSPS) is 10.7. The molecule has 0 N–H and O–H groups in total. The molecule has 0 atom stereocenters. The lowest BCUT2D eigenvalue weighted by molar-refractivity contribution is -0.142. The third kappa shape index (κ3) is 2.99. The van der Waals surface area contributed by atoms with Crippen LogP contribution in [-0.4, -0.2) is 35.2 Å². The standard InChI is InChI=1S/C14H16N2O3/c1-9(17)14(18)16(3)7-6-11-4-5-12-13(8-11)19-10(2)15-12/h4-5,8H,6-7H2,1-3H3. The van der Waals surface area contributed by atoms with Crippen LogP contribution in [-0.2, 0) is 16.0 Å². The number of aryl methyl sites for hydroxylation is 1. The fourth-order valence-electron chi connectivity index (χ4n) is 1.91. The fraction of sp³-hybridized carbons (Fsp3) is 0.357. The third-order valence-electron chi connectivity index (χ3n) is 2.94. The number of oxazole rings is 1. The van der Waals surface area contributed by atoms with E-state index in [9.17, 15) is 9.59 Å². The maximum Gasteiger partial charge on any atom is 0.289 e. The van der Waals surface area contributed by atoms with Crippen molar-refractivity contribution in [2.24, 2.45) is 0 Å². The van der Waals surface area contributed by atoms with E-state index >= 15 is 0 Å². The average Bonchev–Trinajstić information content (AvgIpc) is 2.74. The molecule has 2 rings (SSSR count). The van der Waals surface area contributed by atoms with Gasteiger partial charge in [0.2, 0.25) is 5.78 Å². The molecule has 5 heteroatoms. The minimum atomic E-state index is -0.461. The predicted octanol–water partition coefficient (Wildman–Crippen LogP) is 1.73. The summed E-state index contributed by atoms with van der Waals surface area (Å²) in [4.78, 5) is 28.0. The van der Waals surface area contributed by atoms with Crippen LogP contribution in [0.25, 0.3) is 11.1 Å². The number of amides is 1. The molecular weight excluding hydrogens is 244 g/mol. The van der Waals surface area contributed by atoms with E-state index in [1.54, 1.807) is 14.0 Å². The number of aromatic nitrogens is 1. The van der Waals surface area contributed by atoms with Crippen LogP contribution in [0.5, 0.6) is 0 Å². The lowest BCUT2D eigenvalue weighted by Gasteiger charge is -2.14. The number of carbonyl (C=O) groups excluding carboxylic acids is 2. The Bertz CT molecular complexity index is 631. The molecule has 1 aromatic heterocycles. The SMILES string of the molecule is CC(=O)C(=O)N(C)CCc1ccc2nc(C)oc2c1. The van der Waals surface area contributed by atoms with Gasteiger partial charge in [-0.3, -0.25) is 9.59 Å². The lowest BCUT2D eigenvalue weighted by Crippen LogP contribution is -2.33. The Hall–Kier alpha value is -2.17. The smallest absolute Gasteiger partial charge is 0.289 e. The molecular formula is C14H16N2O3. The van der Waals surface area contributed by atoms with Crippen molar-refractivity contribution in [3.8, 4) is 0 Å². The summed E-state index contributed by atoms with van der Waals surface area (Å²) in [6, 6.07) is 5.77. The van der Waals surface area contributed by atoms with Crippen molar-refractivity contribution in [1.29, 1.82) is 0 Å². The number of Topliss-reactive ketones (excluding diaryl/α,β-unsaturated/α-hetero) is 1. The van der Waals surface area contributed by atoms with Crippen molar-refractivity contribution >= 4 is 22.8 Å². The Morgan fingerprint density at radius 2 is 2.11 bits per heavy atom. The van der Waals surface area contributed by atoms with Crippen LogP contribution in [0.1, 0.15) is 18.4 Å². The predicted molar refractivity (Wildman–Crippen MR) is 70.8 cm³/mol. The molecule has 0 saturated carbocycles. The molecule has 1 aromatic carbocycles. The molecule has 1 amide bonds. The van der Waals surface area contributed by atoms with Gasteiger partial charge in [-0.2, -0.15) is 0 Å². The molecule has 0 unspecified atom stereocenters. The Morgan fingerprint density at radius 1 is 1.37 bits per heavy atom. The molecule has 0 fully saturated rings. The number of nitrogens with zero attached hydrogens (tertiary/aromatic N) is 2. The first-order valence-electron chi connectivity index (χ1n) is 6.09. The first kappa shape index (κ1) is 13.3. The van der Waals surface area contributed by atoms with E-state index in [2.05, 4.69) is 4.98 Å². The van der Waals surface area contributed by atoms with Gasteiger partial charge in [-0.05, 0) is 24.1 Å². The Balaban J connectivity index is 2.05. The summed E-state index contributed by atoms with van der Waals surface area (Å²) in [5.41, 5.74) is 2.62. The minimum absolute atomic E-state index is 0.441. The zero-order valence-corrected chi connectivity index (χ0v) is 11.3. The first-order chi connectivity index (χ1) is 8.97. The second-order valence-electron chi connectivity index (χ2n) is 4.57. The molecule has 0 aliphatic heterocycles. The van der Waals surface area contributed by atoms with Gasteiger partial charge in [-0.25, -0.2) is 4.98 Å². The van der Waals surface area contributed by atoms with E-state index in [4.69, 9.17) is 4.42 Å². The highest BCUT2D eigenvalue weighted by molar-refractivity contribution is 6.34. The molecule has 100 valence electrons. The molecule has 0 aliphatic rings. The zero-order chi connectivity index (χ0) is 14.0. The second kappa shape index (κ2) is 5.22. The van der Waals surface area contributed by atoms with E-state index in [1.165, 1.54) is 11.8 Å². The van der Waals surface area contributed by atoms with Crippen LogP contribution in [0.3, 0.4) is 0 Å². The summed E-state index contributed by atoms with van der Waals surface area (Å²) in [7, 11) is 1.63. The minimum Gasteiger partial charge on any atom is -0.441 e. The van der Waals surface area contributed by atoms with Crippen molar-refractivity contribution in [2.75, 3.05) is 13.6 Å². The number of ketones is 1. The summed E-state index contributed by atoms with van der Waals surface area (Å²) in [6.07, 6.45) is 0.672. The molecule has 0 bridgehead atoms. The molecule has 0 aliphatic carbocycles. The summed E-state index contributed by atoms with van der Waals surface area (Å²) in [6.45, 7) is 3.58. The Labute approximate surface area is 111 Å². The monoisotopic (exact) mass is 260 g/mol. The maximum absolute atomic E-state index is 11.4. The van der Waals surface area contributed by atoms with Crippen molar-refractivity contribution in [3.63, 3.8) is 0 Å². The lowest BCUT2D eigenvalue weighted by atomic mass is 10.1. The van der Waals surface area contributed by atoms with Crippen molar-refractivity contribution in [2.45, 2.75) is 20.3 Å². The average molecular weight is 260 g/mol. The number of rotatable bonds is 4. The summed E-state index contributed by atoms with van der Waals surface area (Å²) >= 11 is 0. The van der Waals surface area contributed by atoms with Gasteiger partial charge in [-0.15, -0.1) is 0 Å². The number of benzene rings is 1. The van der Waals surface area contributed by atoms with Gasteiger partial charge >= 0.3 is 0 Å². The van der Waals surface area contributed by atoms with Crippen LogP contribution in [0.2, 0.25) is 0 Å². The molecule has 5 nitrogen and oxygen atoms in total. The number of carbonyl (C=O) groups is 2. The largest absolute Gasteiger partial charge is 0.441 e. The van der Waals surface area contributed by atoms with E-state index in [-0.39, 0.29) is 0 Å². The van der Waals surface area contributed by atoms with E-state index in [0.717, 1.165) is 16.7 Å². The summed E-state index contributed by atoms with van der Waals surface area (Å²) < 4.78 is 5.46. The number of fused-ring (bicyclic) bond motifs is 1. The number of hydrogen-bond acceptors (Lipinski definition) is 4. The second-order valence-corrected chi connectivity index (χ2v) is 4.57. The summed E-state index contributed by atoms with van der Waals surface area (Å²) in [5, 5.41) is 0. The third-order valence-corrected chi connectivity index (χ3v) is 2.94. The van der Waals surface area contributed by atoms with Crippen LogP contribution in [0.15, 0.2) is 22.6 Å². The highest BCUT2D eigenvalue weighted by Gasteiger charge is 2.13. The molecule has 0 radical (unpaired) electrons. The number of likely N-dealkylation sites (N-methyl/N-ethyl adjacent to an activating group) is 1. The van der Waals surface area contributed by atoms with E-state index in [0.29, 0.717) is 18.9 Å². The molecule has 1 heterocycles. The molecule has 19 heavy (non-hydrogen) atoms.